The summed E-state index contributed by atoms with van der Waals surface area (Å²) < 4.78 is 28.7. The van der Waals surface area contributed by atoms with Crippen LogP contribution in [0.25, 0.3) is 0 Å². The maximum atomic E-state index is 14.6. The molecule has 0 bridgehead atoms. The highest BCUT2D eigenvalue weighted by atomic mass is 35.5. The van der Waals surface area contributed by atoms with E-state index in [4.69, 9.17) is 11.6 Å². The highest BCUT2D eigenvalue weighted by molar-refractivity contribution is 6.30. The molecule has 1 aliphatic heterocycles. The molecule has 8 heteroatoms. The van der Waals surface area contributed by atoms with E-state index in [2.05, 4.69) is 10.3 Å². The van der Waals surface area contributed by atoms with Crippen LogP contribution in [0.15, 0.2) is 30.5 Å². The second kappa shape index (κ2) is 8.77. The van der Waals surface area contributed by atoms with E-state index in [1.165, 1.54) is 0 Å². The summed E-state index contributed by atoms with van der Waals surface area (Å²) in [5, 5.41) is 2.62. The molecular weight excluding hydrogens is 436 g/mol. The summed E-state index contributed by atoms with van der Waals surface area (Å²) in [5.74, 6) is -1.83. The molecule has 4 atom stereocenters. The summed E-state index contributed by atoms with van der Waals surface area (Å²) in [6, 6.07) is 3.84. The van der Waals surface area contributed by atoms with Crippen molar-refractivity contribution in [1.82, 2.24) is 15.2 Å². The van der Waals surface area contributed by atoms with Gasteiger partial charge in [-0.15, -0.1) is 0 Å². The monoisotopic (exact) mass is 461 g/mol. The number of nitrogens with zero attached hydrogens (tertiary/aromatic N) is 2. The van der Waals surface area contributed by atoms with Gasteiger partial charge in [0.25, 0.3) is 5.91 Å². The first-order chi connectivity index (χ1) is 15.2. The second-order valence-corrected chi connectivity index (χ2v) is 9.39. The topological polar surface area (TPSA) is 62.3 Å². The largest absolute Gasteiger partial charge is 0.347 e. The van der Waals surface area contributed by atoms with Crippen molar-refractivity contribution in [2.75, 3.05) is 0 Å². The lowest BCUT2D eigenvalue weighted by atomic mass is 9.99. The minimum atomic E-state index is -0.726. The van der Waals surface area contributed by atoms with Crippen LogP contribution in [0.3, 0.4) is 0 Å². The van der Waals surface area contributed by atoms with Gasteiger partial charge in [-0.2, -0.15) is 0 Å². The summed E-state index contributed by atoms with van der Waals surface area (Å²) in [5.41, 5.74) is 1.27. The van der Waals surface area contributed by atoms with E-state index in [1.807, 2.05) is 13.8 Å². The minimum Gasteiger partial charge on any atom is -0.347 e. The second-order valence-electron chi connectivity index (χ2n) is 8.98. The number of benzene rings is 1. The zero-order chi connectivity index (χ0) is 23.2. The van der Waals surface area contributed by atoms with Gasteiger partial charge in [-0.05, 0) is 69.2 Å². The fraction of sp³-hybridized carbons (Fsp3) is 0.458. The first-order valence-electron chi connectivity index (χ1n) is 10.9. The number of pyridine rings is 1. The highest BCUT2D eigenvalue weighted by Crippen LogP contribution is 2.43. The molecule has 5 nitrogen and oxygen atoms in total. The SMILES string of the molecule is Cc1cc(C(=O)N2[C@@H](C(=O)N[C@@H](c3cc(F)c(Cl)cc3F)C3CC3)C[C@@H](C)[C@H]2C)ccn1. The summed E-state index contributed by atoms with van der Waals surface area (Å²) in [7, 11) is 0. The van der Waals surface area contributed by atoms with Gasteiger partial charge in [-0.1, -0.05) is 18.5 Å². The van der Waals surface area contributed by atoms with Gasteiger partial charge in [-0.25, -0.2) is 8.78 Å². The van der Waals surface area contributed by atoms with Crippen LogP contribution in [0.2, 0.25) is 5.02 Å². The maximum absolute atomic E-state index is 14.6. The number of nitrogens with one attached hydrogen (secondary N) is 1. The Bertz CT molecular complexity index is 1060. The van der Waals surface area contributed by atoms with Gasteiger partial charge in [0.2, 0.25) is 5.91 Å². The van der Waals surface area contributed by atoms with Crippen LogP contribution < -0.4 is 5.32 Å². The molecule has 170 valence electrons. The normalized spacial score (nSPS) is 23.8. The number of amides is 2. The Balaban J connectivity index is 1.60. The number of aryl methyl sites for hydroxylation is 1. The number of halogens is 3. The molecule has 1 saturated heterocycles. The fourth-order valence-electron chi connectivity index (χ4n) is 4.51. The van der Waals surface area contributed by atoms with Gasteiger partial charge in [-0.3, -0.25) is 14.6 Å². The van der Waals surface area contributed by atoms with Crippen LogP contribution in [-0.4, -0.2) is 33.8 Å². The molecule has 0 spiro atoms. The lowest BCUT2D eigenvalue weighted by Crippen LogP contribution is -2.49. The molecule has 2 aromatic rings. The Labute approximate surface area is 191 Å². The van der Waals surface area contributed by atoms with Crippen molar-refractivity contribution in [1.29, 1.82) is 0 Å². The number of carbonyl (C=O) groups is 2. The van der Waals surface area contributed by atoms with E-state index in [1.54, 1.807) is 30.2 Å². The van der Waals surface area contributed by atoms with Crippen LogP contribution in [0.4, 0.5) is 8.78 Å². The maximum Gasteiger partial charge on any atom is 0.254 e. The van der Waals surface area contributed by atoms with Crippen LogP contribution in [-0.2, 0) is 4.79 Å². The molecule has 4 rings (SSSR count). The first-order valence-corrected chi connectivity index (χ1v) is 11.2. The summed E-state index contributed by atoms with van der Waals surface area (Å²) in [4.78, 5) is 32.4. The number of hydrogen-bond donors (Lipinski definition) is 1. The molecule has 1 N–H and O–H groups in total. The van der Waals surface area contributed by atoms with Gasteiger partial charge in [0.05, 0.1) is 11.1 Å². The lowest BCUT2D eigenvalue weighted by molar-refractivity contribution is -0.126. The molecule has 2 fully saturated rings. The first kappa shape index (κ1) is 22.6. The lowest BCUT2D eigenvalue weighted by Gasteiger charge is -2.30. The van der Waals surface area contributed by atoms with Gasteiger partial charge in [0.15, 0.2) is 0 Å². The van der Waals surface area contributed by atoms with Crippen LogP contribution in [0.1, 0.15) is 60.8 Å². The van der Waals surface area contributed by atoms with Crippen molar-refractivity contribution >= 4 is 23.4 Å². The summed E-state index contributed by atoms with van der Waals surface area (Å²) in [6.45, 7) is 5.73. The fourth-order valence-corrected chi connectivity index (χ4v) is 4.66. The third kappa shape index (κ3) is 4.35. The third-order valence-corrected chi connectivity index (χ3v) is 6.93. The molecule has 1 saturated carbocycles. The highest BCUT2D eigenvalue weighted by Gasteiger charge is 2.45. The molecule has 0 radical (unpaired) electrons. The Morgan fingerprint density at radius 3 is 2.56 bits per heavy atom. The van der Waals surface area contributed by atoms with E-state index < -0.39 is 23.7 Å². The molecule has 32 heavy (non-hydrogen) atoms. The molecule has 1 aromatic carbocycles. The number of rotatable bonds is 5. The Morgan fingerprint density at radius 2 is 1.91 bits per heavy atom. The molecule has 1 aromatic heterocycles. The third-order valence-electron chi connectivity index (χ3n) is 6.64. The van der Waals surface area contributed by atoms with Gasteiger partial charge in [0.1, 0.15) is 17.7 Å². The standard InChI is InChI=1S/C24H26ClF2N3O2/c1-12-8-21(30(14(12)3)24(32)16-6-7-28-13(2)9-16)23(31)29-22(15-4-5-15)17-10-20(27)18(25)11-19(17)26/h6-7,9-12,14-15,21-22H,4-5,8H2,1-3H3,(H,29,31)/t12-,14-,21-,22-/m1/s1. The Kier molecular flexibility index (Phi) is 6.21. The smallest absolute Gasteiger partial charge is 0.254 e. The number of carbonyl (C=O) groups excluding carboxylic acids is 2. The Hall–Kier alpha value is -2.54. The molecule has 1 aliphatic carbocycles. The van der Waals surface area contributed by atoms with Crippen LogP contribution in [0.5, 0.6) is 0 Å². The zero-order valence-electron chi connectivity index (χ0n) is 18.2. The minimum absolute atomic E-state index is 0.0253. The van der Waals surface area contributed by atoms with Crippen LogP contribution in [0, 0.1) is 30.4 Å². The van der Waals surface area contributed by atoms with Crippen molar-refractivity contribution in [2.45, 2.75) is 58.2 Å². The molecule has 0 unspecified atom stereocenters. The number of aromatic nitrogens is 1. The zero-order valence-corrected chi connectivity index (χ0v) is 19.0. The van der Waals surface area contributed by atoms with E-state index in [9.17, 15) is 18.4 Å². The molecule has 2 heterocycles. The average molecular weight is 462 g/mol. The predicted molar refractivity (Wildman–Crippen MR) is 117 cm³/mol. The van der Waals surface area contributed by atoms with Crippen molar-refractivity contribution in [3.63, 3.8) is 0 Å². The predicted octanol–water partition coefficient (Wildman–Crippen LogP) is 4.83. The molecular formula is C24H26ClF2N3O2. The van der Waals surface area contributed by atoms with Crippen molar-refractivity contribution in [3.05, 3.63) is 63.9 Å². The average Bonchev–Trinajstić information content (AvgIpc) is 3.54. The van der Waals surface area contributed by atoms with Gasteiger partial charge < -0.3 is 10.2 Å². The molecule has 2 aliphatic rings. The van der Waals surface area contributed by atoms with Crippen molar-refractivity contribution < 1.29 is 18.4 Å². The van der Waals surface area contributed by atoms with Crippen molar-refractivity contribution in [2.24, 2.45) is 11.8 Å². The number of likely N-dealkylation sites (tertiary alicyclic amines) is 1. The van der Waals surface area contributed by atoms with E-state index in [0.29, 0.717) is 17.7 Å². The van der Waals surface area contributed by atoms with E-state index in [0.717, 1.165) is 25.0 Å². The Morgan fingerprint density at radius 1 is 1.19 bits per heavy atom. The molecule has 2 amide bonds. The quantitative estimate of drug-likeness (QED) is 0.649. The van der Waals surface area contributed by atoms with Crippen molar-refractivity contribution in [3.8, 4) is 0 Å². The van der Waals surface area contributed by atoms with Gasteiger partial charge in [0, 0.05) is 29.1 Å². The summed E-state index contributed by atoms with van der Waals surface area (Å²) in [6.07, 6.45) is 3.69. The van der Waals surface area contributed by atoms with E-state index in [-0.39, 0.29) is 40.3 Å². The van der Waals surface area contributed by atoms with Crippen LogP contribution >= 0.6 is 11.6 Å². The van der Waals surface area contributed by atoms with E-state index >= 15 is 0 Å². The summed E-state index contributed by atoms with van der Waals surface area (Å²) >= 11 is 5.70. The number of hydrogen-bond acceptors (Lipinski definition) is 3. The van der Waals surface area contributed by atoms with Gasteiger partial charge >= 0.3 is 0 Å².